The molecule has 0 aliphatic heterocycles. The lowest BCUT2D eigenvalue weighted by Crippen LogP contribution is -2.24. The summed E-state index contributed by atoms with van der Waals surface area (Å²) < 4.78 is 17.3. The van der Waals surface area contributed by atoms with Gasteiger partial charge in [0.2, 0.25) is 5.91 Å². The summed E-state index contributed by atoms with van der Waals surface area (Å²) in [5, 5.41) is 3.73. The molecule has 0 fully saturated rings. The van der Waals surface area contributed by atoms with E-state index >= 15 is 0 Å². The zero-order chi connectivity index (χ0) is 22.8. The van der Waals surface area contributed by atoms with Crippen molar-refractivity contribution in [2.45, 2.75) is 23.8 Å². The van der Waals surface area contributed by atoms with Gasteiger partial charge in [0.1, 0.15) is 17.1 Å². The topological polar surface area (TPSA) is 106 Å². The number of carbonyl (C=O) groups excluding carboxylic acids is 1. The van der Waals surface area contributed by atoms with Crippen molar-refractivity contribution in [1.82, 2.24) is 15.0 Å². The molecule has 4 heterocycles. The summed E-state index contributed by atoms with van der Waals surface area (Å²) in [5.74, 6) is 1.88. The summed E-state index contributed by atoms with van der Waals surface area (Å²) in [4.78, 5) is 25.5. The minimum Gasteiger partial charge on any atom is -0.497 e. The third-order valence-corrected chi connectivity index (χ3v) is 7.13. The van der Waals surface area contributed by atoms with Crippen LogP contribution in [0.1, 0.15) is 13.3 Å². The molecule has 5 aromatic rings. The molecule has 0 radical (unpaired) electrons. The highest BCUT2D eigenvalue weighted by Crippen LogP contribution is 2.35. The number of nitrogens with zero attached hydrogens (tertiary/aromatic N) is 2. The molecule has 4 aromatic heterocycles. The van der Waals surface area contributed by atoms with Gasteiger partial charge in [-0.1, -0.05) is 30.0 Å². The molecule has 1 atom stereocenters. The maximum Gasteiger partial charge on any atom is 0.239 e. The number of H-pyrrole nitrogens is 1. The van der Waals surface area contributed by atoms with Crippen LogP contribution in [0.4, 0.5) is 5.13 Å². The number of ether oxygens (including phenoxy) is 1. The third-order valence-electron chi connectivity index (χ3n) is 4.95. The predicted octanol–water partition coefficient (Wildman–Crippen LogP) is 6.06. The van der Waals surface area contributed by atoms with Gasteiger partial charge in [0.25, 0.3) is 0 Å². The fourth-order valence-corrected chi connectivity index (χ4v) is 5.13. The fourth-order valence-electron chi connectivity index (χ4n) is 3.33. The van der Waals surface area contributed by atoms with Crippen molar-refractivity contribution in [3.63, 3.8) is 0 Å². The fraction of sp³-hybridized carbons (Fsp3) is 0.174. The van der Waals surface area contributed by atoms with E-state index in [4.69, 9.17) is 13.6 Å². The molecule has 0 spiro atoms. The summed E-state index contributed by atoms with van der Waals surface area (Å²) in [6.45, 7) is 1.96. The number of thiazole rings is 1. The first-order valence-corrected chi connectivity index (χ1v) is 11.9. The van der Waals surface area contributed by atoms with Gasteiger partial charge in [0.15, 0.2) is 21.8 Å². The van der Waals surface area contributed by atoms with Crippen molar-refractivity contribution < 1.29 is 18.4 Å². The Bertz CT molecular complexity index is 1320. The maximum absolute atomic E-state index is 13.0. The van der Waals surface area contributed by atoms with Crippen LogP contribution in [0.2, 0.25) is 0 Å². The second-order valence-electron chi connectivity index (χ2n) is 7.08. The highest BCUT2D eigenvalue weighted by Gasteiger charge is 2.24. The van der Waals surface area contributed by atoms with Crippen LogP contribution in [0.25, 0.3) is 33.1 Å². The molecule has 10 heteroatoms. The smallest absolute Gasteiger partial charge is 0.239 e. The minimum absolute atomic E-state index is 0.135. The van der Waals surface area contributed by atoms with E-state index in [1.165, 1.54) is 23.1 Å². The van der Waals surface area contributed by atoms with Crippen LogP contribution in [-0.2, 0) is 4.79 Å². The van der Waals surface area contributed by atoms with Gasteiger partial charge < -0.3 is 23.9 Å². The lowest BCUT2D eigenvalue weighted by molar-refractivity contribution is -0.115. The van der Waals surface area contributed by atoms with Gasteiger partial charge in [-0.05, 0) is 48.9 Å². The Morgan fingerprint density at radius 1 is 1.18 bits per heavy atom. The number of benzene rings is 1. The molecule has 1 unspecified atom stereocenters. The van der Waals surface area contributed by atoms with Gasteiger partial charge in [-0.3, -0.25) is 4.79 Å². The number of fused-ring (bicyclic) bond motifs is 1. The zero-order valence-corrected chi connectivity index (χ0v) is 19.5. The number of furan rings is 2. The standard InChI is InChI=1S/C23H20N4O4S2/c1-3-17(21(28)27-22-24-14-9-8-13(29-2)12-18(14)33-22)32-23-25-19(15-6-4-10-30-15)20(26-23)16-7-5-11-31-16/h4-12,17H,3H2,1-2H3,(H,25,26)(H,24,27,28). The van der Waals surface area contributed by atoms with Gasteiger partial charge in [-0.15, -0.1) is 0 Å². The zero-order valence-electron chi connectivity index (χ0n) is 17.8. The summed E-state index contributed by atoms with van der Waals surface area (Å²) in [6.07, 6.45) is 3.81. The molecule has 1 aromatic carbocycles. The average Bonchev–Trinajstić information content (AvgIpc) is 3.61. The number of hydrogen-bond donors (Lipinski definition) is 2. The molecule has 8 nitrogen and oxygen atoms in total. The second kappa shape index (κ2) is 9.16. The van der Waals surface area contributed by atoms with Crippen LogP contribution in [0.15, 0.2) is 69.0 Å². The van der Waals surface area contributed by atoms with E-state index in [0.29, 0.717) is 39.6 Å². The van der Waals surface area contributed by atoms with Crippen LogP contribution < -0.4 is 10.1 Å². The number of amides is 1. The Morgan fingerprint density at radius 3 is 2.67 bits per heavy atom. The summed E-state index contributed by atoms with van der Waals surface area (Å²) in [5.41, 5.74) is 2.15. The number of nitrogens with one attached hydrogen (secondary N) is 2. The van der Waals surface area contributed by atoms with Crippen LogP contribution in [-0.4, -0.2) is 33.2 Å². The van der Waals surface area contributed by atoms with E-state index in [1.54, 1.807) is 25.7 Å². The Labute approximate surface area is 197 Å². The van der Waals surface area contributed by atoms with Gasteiger partial charge in [-0.2, -0.15) is 0 Å². The Hall–Kier alpha value is -3.50. The van der Waals surface area contributed by atoms with Crippen LogP contribution in [0, 0.1) is 0 Å². The summed E-state index contributed by atoms with van der Waals surface area (Å²) in [6, 6.07) is 12.9. The predicted molar refractivity (Wildman–Crippen MR) is 129 cm³/mol. The molecule has 1 amide bonds. The second-order valence-corrected chi connectivity index (χ2v) is 9.30. The molecule has 33 heavy (non-hydrogen) atoms. The number of carbonyl (C=O) groups is 1. The van der Waals surface area contributed by atoms with Crippen molar-refractivity contribution in [1.29, 1.82) is 0 Å². The van der Waals surface area contributed by atoms with Crippen molar-refractivity contribution in [3.8, 4) is 28.7 Å². The number of hydrogen-bond acceptors (Lipinski definition) is 8. The highest BCUT2D eigenvalue weighted by molar-refractivity contribution is 8.00. The maximum atomic E-state index is 13.0. The lowest BCUT2D eigenvalue weighted by atomic mass is 10.2. The highest BCUT2D eigenvalue weighted by atomic mass is 32.2. The number of anilines is 1. The Morgan fingerprint density at radius 2 is 1.97 bits per heavy atom. The first kappa shape index (κ1) is 21.4. The minimum atomic E-state index is -0.369. The molecule has 168 valence electrons. The van der Waals surface area contributed by atoms with E-state index < -0.39 is 0 Å². The van der Waals surface area contributed by atoms with Gasteiger partial charge in [0, 0.05) is 0 Å². The SMILES string of the molecule is CCC(Sc1nc(-c2ccco2)c(-c2ccco2)[nH]1)C(=O)Nc1nc2ccc(OC)cc2s1. The van der Waals surface area contributed by atoms with Crippen LogP contribution in [0.5, 0.6) is 5.75 Å². The average molecular weight is 481 g/mol. The molecule has 0 saturated heterocycles. The van der Waals surface area contributed by atoms with Gasteiger partial charge >= 0.3 is 0 Å². The number of aromatic nitrogens is 3. The van der Waals surface area contributed by atoms with E-state index in [0.717, 1.165) is 16.0 Å². The molecule has 5 rings (SSSR count). The Kier molecular flexibility index (Phi) is 5.93. The van der Waals surface area contributed by atoms with Crippen molar-refractivity contribution in [2.24, 2.45) is 0 Å². The van der Waals surface area contributed by atoms with E-state index in [-0.39, 0.29) is 11.2 Å². The lowest BCUT2D eigenvalue weighted by Gasteiger charge is -2.11. The number of methoxy groups -OCH3 is 1. The monoisotopic (exact) mass is 480 g/mol. The Balaban J connectivity index is 1.37. The molecule has 0 aliphatic rings. The molecule has 0 bridgehead atoms. The number of imidazole rings is 1. The molecular weight excluding hydrogens is 460 g/mol. The number of aromatic amines is 1. The normalized spacial score (nSPS) is 12.2. The number of thioether (sulfide) groups is 1. The van der Waals surface area contributed by atoms with Crippen molar-refractivity contribution >= 4 is 44.4 Å². The first-order chi connectivity index (χ1) is 16.1. The summed E-state index contributed by atoms with van der Waals surface area (Å²) >= 11 is 2.77. The van der Waals surface area contributed by atoms with Gasteiger partial charge in [-0.25, -0.2) is 9.97 Å². The van der Waals surface area contributed by atoms with Crippen molar-refractivity contribution in [2.75, 3.05) is 12.4 Å². The van der Waals surface area contributed by atoms with E-state index in [9.17, 15) is 4.79 Å². The van der Waals surface area contributed by atoms with E-state index in [1.807, 2.05) is 43.3 Å². The van der Waals surface area contributed by atoms with Crippen LogP contribution in [0.3, 0.4) is 0 Å². The molecule has 2 N–H and O–H groups in total. The molecular formula is C23H20N4O4S2. The molecule has 0 aliphatic carbocycles. The van der Waals surface area contributed by atoms with Crippen molar-refractivity contribution in [3.05, 3.63) is 55.0 Å². The first-order valence-electron chi connectivity index (χ1n) is 10.2. The molecule has 0 saturated carbocycles. The number of rotatable bonds is 8. The van der Waals surface area contributed by atoms with Gasteiger partial charge in [0.05, 0.1) is 35.1 Å². The quantitative estimate of drug-likeness (QED) is 0.260. The van der Waals surface area contributed by atoms with Crippen LogP contribution >= 0.6 is 23.1 Å². The van der Waals surface area contributed by atoms with E-state index in [2.05, 4.69) is 20.3 Å². The largest absolute Gasteiger partial charge is 0.497 e. The summed E-state index contributed by atoms with van der Waals surface area (Å²) in [7, 11) is 1.62. The third kappa shape index (κ3) is 4.39.